The van der Waals surface area contributed by atoms with Crippen LogP contribution in [-0.2, 0) is 0 Å². The van der Waals surface area contributed by atoms with Crippen molar-refractivity contribution in [3.63, 3.8) is 0 Å². The van der Waals surface area contributed by atoms with E-state index in [1.165, 1.54) is 49.4 Å². The van der Waals surface area contributed by atoms with Crippen LogP contribution in [0.4, 0.5) is 0 Å². The number of nitrogens with one attached hydrogen (secondary N) is 1. The van der Waals surface area contributed by atoms with Crippen LogP contribution in [0.25, 0.3) is 0 Å². The molecule has 0 bridgehead atoms. The molecule has 0 aromatic rings. The zero-order valence-electron chi connectivity index (χ0n) is 13.0. The Hall–Kier alpha value is -0.180. The molecule has 2 nitrogen and oxygen atoms in total. The number of thioether (sulfide) groups is 1. The maximum Gasteiger partial charge on any atom is 0.157 e. The Labute approximate surface area is 123 Å². The molecule has 1 fully saturated rings. The summed E-state index contributed by atoms with van der Waals surface area (Å²) in [6.45, 7) is 9.25. The number of rotatable bonds is 2. The topological polar surface area (TPSA) is 24.4 Å². The van der Waals surface area contributed by atoms with Crippen LogP contribution >= 0.6 is 11.8 Å². The van der Waals surface area contributed by atoms with E-state index in [0.29, 0.717) is 17.5 Å². The molecule has 1 aliphatic carbocycles. The Bertz CT molecular complexity index is 311. The summed E-state index contributed by atoms with van der Waals surface area (Å²) in [5.74, 6) is 2.19. The van der Waals surface area contributed by atoms with Gasteiger partial charge in [-0.2, -0.15) is 0 Å². The minimum absolute atomic E-state index is 0.299. The van der Waals surface area contributed by atoms with Crippen molar-refractivity contribution in [3.05, 3.63) is 0 Å². The minimum Gasteiger partial charge on any atom is -0.362 e. The molecule has 0 radical (unpaired) electrons. The maximum atomic E-state index is 4.95. The van der Waals surface area contributed by atoms with Crippen molar-refractivity contribution in [1.29, 1.82) is 0 Å². The Kier molecular flexibility index (Phi) is 5.22. The van der Waals surface area contributed by atoms with Crippen molar-refractivity contribution in [1.82, 2.24) is 5.32 Å². The van der Waals surface area contributed by atoms with Gasteiger partial charge >= 0.3 is 0 Å². The fourth-order valence-electron chi connectivity index (χ4n) is 3.11. The molecule has 1 unspecified atom stereocenters. The second-order valence-corrected chi connectivity index (χ2v) is 8.31. The fourth-order valence-corrected chi connectivity index (χ4v) is 4.09. The van der Waals surface area contributed by atoms with E-state index in [0.717, 1.165) is 5.92 Å². The average molecular weight is 282 g/mol. The smallest absolute Gasteiger partial charge is 0.157 e. The van der Waals surface area contributed by atoms with Crippen molar-refractivity contribution in [2.24, 2.45) is 16.3 Å². The van der Waals surface area contributed by atoms with Gasteiger partial charge in [0, 0.05) is 11.8 Å². The van der Waals surface area contributed by atoms with Crippen molar-refractivity contribution in [2.75, 3.05) is 5.75 Å². The normalized spacial score (nSPS) is 32.8. The lowest BCUT2D eigenvalue weighted by atomic mass is 9.84. The van der Waals surface area contributed by atoms with Gasteiger partial charge < -0.3 is 5.32 Å². The van der Waals surface area contributed by atoms with Gasteiger partial charge in [-0.25, -0.2) is 0 Å². The molecule has 2 aliphatic rings. The molecule has 1 atom stereocenters. The Morgan fingerprint density at radius 1 is 1.16 bits per heavy atom. The number of aliphatic imine (C=N–C) groups is 1. The Morgan fingerprint density at radius 3 is 2.42 bits per heavy atom. The van der Waals surface area contributed by atoms with Crippen molar-refractivity contribution >= 4 is 16.9 Å². The second kappa shape index (κ2) is 6.51. The Morgan fingerprint density at radius 2 is 1.84 bits per heavy atom. The third-order valence-electron chi connectivity index (χ3n) is 4.65. The highest BCUT2D eigenvalue weighted by molar-refractivity contribution is 8.13. The highest BCUT2D eigenvalue weighted by Gasteiger charge is 2.28. The third kappa shape index (κ3) is 4.40. The standard InChI is InChI=1S/C16H30N2S/c1-5-12-6-8-13(9-7-12)17-15-18-14(10-11-19-15)16(2,3)4/h12-14H,5-11H2,1-4H3,(H,17,18). The second-order valence-electron chi connectivity index (χ2n) is 7.22. The van der Waals surface area contributed by atoms with Crippen LogP contribution in [0.5, 0.6) is 0 Å². The highest BCUT2D eigenvalue weighted by atomic mass is 32.2. The molecule has 3 heteroatoms. The highest BCUT2D eigenvalue weighted by Crippen LogP contribution is 2.31. The van der Waals surface area contributed by atoms with Gasteiger partial charge in [0.1, 0.15) is 0 Å². The summed E-state index contributed by atoms with van der Waals surface area (Å²) in [6.07, 6.45) is 8.04. The maximum absolute atomic E-state index is 4.95. The number of nitrogens with zero attached hydrogens (tertiary/aromatic N) is 1. The summed E-state index contributed by atoms with van der Waals surface area (Å²) < 4.78 is 0. The van der Waals surface area contributed by atoms with Gasteiger partial charge in [-0.3, -0.25) is 4.99 Å². The van der Waals surface area contributed by atoms with Gasteiger partial charge in [0.05, 0.1) is 6.04 Å². The average Bonchev–Trinajstić information content (AvgIpc) is 2.39. The molecule has 1 N–H and O–H groups in total. The molecule has 0 aromatic carbocycles. The van der Waals surface area contributed by atoms with Crippen molar-refractivity contribution in [3.8, 4) is 0 Å². The minimum atomic E-state index is 0.299. The first-order valence-electron chi connectivity index (χ1n) is 7.96. The predicted octanol–water partition coefficient (Wildman–Crippen LogP) is 4.45. The first-order chi connectivity index (χ1) is 8.99. The van der Waals surface area contributed by atoms with Crippen molar-refractivity contribution < 1.29 is 0 Å². The third-order valence-corrected chi connectivity index (χ3v) is 5.59. The van der Waals surface area contributed by atoms with E-state index in [4.69, 9.17) is 4.99 Å². The molecule has 19 heavy (non-hydrogen) atoms. The van der Waals surface area contributed by atoms with Crippen LogP contribution in [0, 0.1) is 11.3 Å². The van der Waals surface area contributed by atoms with Crippen LogP contribution in [0.15, 0.2) is 4.99 Å². The zero-order chi connectivity index (χ0) is 13.9. The Balaban J connectivity index is 1.87. The SMILES string of the molecule is CCC1CCC(NC2=NC(C(C)(C)C)CCS2)CC1. The summed E-state index contributed by atoms with van der Waals surface area (Å²) in [5.41, 5.74) is 0.299. The van der Waals surface area contributed by atoms with E-state index in [2.05, 4.69) is 33.0 Å². The molecule has 1 saturated carbocycles. The van der Waals surface area contributed by atoms with Gasteiger partial charge in [-0.15, -0.1) is 0 Å². The summed E-state index contributed by atoms with van der Waals surface area (Å²) in [5, 5.41) is 4.93. The van der Waals surface area contributed by atoms with E-state index in [-0.39, 0.29) is 0 Å². The summed E-state index contributed by atoms with van der Waals surface area (Å²) in [6, 6.07) is 1.16. The molecule has 0 saturated heterocycles. The van der Waals surface area contributed by atoms with E-state index >= 15 is 0 Å². The lowest BCUT2D eigenvalue weighted by Crippen LogP contribution is -2.40. The molecule has 110 valence electrons. The first-order valence-corrected chi connectivity index (χ1v) is 8.94. The predicted molar refractivity (Wildman–Crippen MR) is 86.9 cm³/mol. The van der Waals surface area contributed by atoms with Gasteiger partial charge in [-0.05, 0) is 43.4 Å². The van der Waals surface area contributed by atoms with Crippen LogP contribution in [0.2, 0.25) is 0 Å². The molecule has 0 aromatic heterocycles. The molecule has 0 spiro atoms. The zero-order valence-corrected chi connectivity index (χ0v) is 13.9. The summed E-state index contributed by atoms with van der Waals surface area (Å²) in [4.78, 5) is 4.95. The largest absolute Gasteiger partial charge is 0.362 e. The van der Waals surface area contributed by atoms with Crippen LogP contribution in [0.3, 0.4) is 0 Å². The summed E-state index contributed by atoms with van der Waals surface area (Å²) in [7, 11) is 0. The number of hydrogen-bond acceptors (Lipinski definition) is 3. The number of amidine groups is 1. The molecular weight excluding hydrogens is 252 g/mol. The van der Waals surface area contributed by atoms with Crippen LogP contribution in [0.1, 0.15) is 66.2 Å². The van der Waals surface area contributed by atoms with E-state index in [1.807, 2.05) is 11.8 Å². The first kappa shape index (κ1) is 15.2. The molecular formula is C16H30N2S. The van der Waals surface area contributed by atoms with Gasteiger partial charge in [0.25, 0.3) is 0 Å². The summed E-state index contributed by atoms with van der Waals surface area (Å²) >= 11 is 1.92. The van der Waals surface area contributed by atoms with Crippen LogP contribution < -0.4 is 5.32 Å². The lowest BCUT2D eigenvalue weighted by Gasteiger charge is -2.34. The van der Waals surface area contributed by atoms with Gasteiger partial charge in [0.2, 0.25) is 0 Å². The quantitative estimate of drug-likeness (QED) is 0.809. The fraction of sp³-hybridized carbons (Fsp3) is 0.938. The molecule has 2 rings (SSSR count). The van der Waals surface area contributed by atoms with E-state index < -0.39 is 0 Å². The number of hydrogen-bond donors (Lipinski definition) is 1. The van der Waals surface area contributed by atoms with Crippen molar-refractivity contribution in [2.45, 2.75) is 78.3 Å². The van der Waals surface area contributed by atoms with Gasteiger partial charge in [0.15, 0.2) is 5.17 Å². The molecule has 1 aliphatic heterocycles. The molecule has 0 amide bonds. The van der Waals surface area contributed by atoms with E-state index in [1.54, 1.807) is 0 Å². The van der Waals surface area contributed by atoms with Gasteiger partial charge in [-0.1, -0.05) is 45.9 Å². The lowest BCUT2D eigenvalue weighted by molar-refractivity contribution is 0.300. The van der Waals surface area contributed by atoms with Crippen LogP contribution in [-0.4, -0.2) is 23.0 Å². The molecule has 1 heterocycles. The monoisotopic (exact) mass is 282 g/mol. The van der Waals surface area contributed by atoms with E-state index in [9.17, 15) is 0 Å².